The quantitative estimate of drug-likeness (QED) is 0.212. The summed E-state index contributed by atoms with van der Waals surface area (Å²) < 4.78 is 26.2. The summed E-state index contributed by atoms with van der Waals surface area (Å²) in [5.74, 6) is 0.820. The van der Waals surface area contributed by atoms with E-state index in [0.717, 1.165) is 5.56 Å². The third kappa shape index (κ3) is 5.44. The first-order chi connectivity index (χ1) is 16.4. The fourth-order valence-corrected chi connectivity index (χ4v) is 3.03. The number of rotatable bonds is 9. The average molecular weight is 468 g/mol. The molecule has 2 aromatic carbocycles. The first kappa shape index (κ1) is 24.1. The van der Waals surface area contributed by atoms with E-state index in [1.165, 1.54) is 34.5 Å². The molecule has 34 heavy (non-hydrogen) atoms. The molecule has 0 saturated carbocycles. The van der Waals surface area contributed by atoms with E-state index in [2.05, 4.69) is 20.7 Å². The van der Waals surface area contributed by atoms with E-state index in [-0.39, 0.29) is 22.9 Å². The Balaban J connectivity index is 1.74. The van der Waals surface area contributed by atoms with Crippen LogP contribution >= 0.6 is 0 Å². The van der Waals surface area contributed by atoms with Gasteiger partial charge in [-0.15, -0.1) is 0 Å². The van der Waals surface area contributed by atoms with Gasteiger partial charge in [0.15, 0.2) is 23.0 Å². The van der Waals surface area contributed by atoms with E-state index in [0.29, 0.717) is 22.8 Å². The molecule has 3 rings (SSSR count). The van der Waals surface area contributed by atoms with Crippen LogP contribution in [0.3, 0.4) is 0 Å². The number of H-pyrrole nitrogens is 1. The minimum atomic E-state index is -0.516. The van der Waals surface area contributed by atoms with Crippen LogP contribution < -0.4 is 29.1 Å². The Hall–Kier alpha value is -4.54. The van der Waals surface area contributed by atoms with Crippen molar-refractivity contribution in [2.45, 2.75) is 6.92 Å². The predicted octanol–water partition coefficient (Wildman–Crippen LogP) is 2.80. The van der Waals surface area contributed by atoms with Crippen LogP contribution in [0.1, 0.15) is 23.0 Å². The van der Waals surface area contributed by atoms with Crippen molar-refractivity contribution < 1.29 is 33.3 Å². The smallest absolute Gasteiger partial charge is 0.308 e. The van der Waals surface area contributed by atoms with E-state index in [1.54, 1.807) is 43.5 Å². The van der Waals surface area contributed by atoms with Gasteiger partial charge in [0, 0.05) is 18.1 Å². The van der Waals surface area contributed by atoms with Gasteiger partial charge in [0.05, 0.1) is 40.3 Å². The minimum absolute atomic E-state index is 0.152. The second-order valence-corrected chi connectivity index (χ2v) is 6.78. The van der Waals surface area contributed by atoms with Crippen molar-refractivity contribution >= 4 is 18.1 Å². The third-order valence-electron chi connectivity index (χ3n) is 4.61. The van der Waals surface area contributed by atoms with E-state index in [1.807, 2.05) is 0 Å². The number of esters is 1. The molecule has 0 unspecified atom stereocenters. The number of ether oxygens (including phenoxy) is 5. The maximum Gasteiger partial charge on any atom is 0.308 e. The summed E-state index contributed by atoms with van der Waals surface area (Å²) in [6.07, 6.45) is 1.39. The summed E-state index contributed by atoms with van der Waals surface area (Å²) >= 11 is 0. The molecule has 0 atom stereocenters. The van der Waals surface area contributed by atoms with Gasteiger partial charge in [-0.3, -0.25) is 14.7 Å². The van der Waals surface area contributed by atoms with Crippen molar-refractivity contribution in [3.8, 4) is 40.0 Å². The summed E-state index contributed by atoms with van der Waals surface area (Å²) in [5, 5.41) is 10.8. The average Bonchev–Trinajstić information content (AvgIpc) is 3.34. The molecule has 2 N–H and O–H groups in total. The minimum Gasteiger partial charge on any atom is -0.493 e. The summed E-state index contributed by atoms with van der Waals surface area (Å²) in [6, 6.07) is 10.1. The van der Waals surface area contributed by atoms with Crippen LogP contribution in [0.25, 0.3) is 11.3 Å². The lowest BCUT2D eigenvalue weighted by atomic mass is 10.1. The van der Waals surface area contributed by atoms with E-state index in [9.17, 15) is 9.59 Å². The Morgan fingerprint density at radius 2 is 1.56 bits per heavy atom. The molecule has 1 heterocycles. The largest absolute Gasteiger partial charge is 0.493 e. The Bertz CT molecular complexity index is 1190. The Labute approximate surface area is 195 Å². The molecule has 0 aliphatic rings. The van der Waals surface area contributed by atoms with Gasteiger partial charge in [0.25, 0.3) is 5.91 Å². The Morgan fingerprint density at radius 1 is 0.912 bits per heavy atom. The molecule has 0 fully saturated rings. The number of carbonyl (C=O) groups excluding carboxylic acids is 2. The van der Waals surface area contributed by atoms with Crippen molar-refractivity contribution in [1.29, 1.82) is 0 Å². The topological polar surface area (TPSA) is 133 Å². The zero-order valence-corrected chi connectivity index (χ0v) is 19.3. The Kier molecular flexibility index (Phi) is 7.70. The number of nitrogens with zero attached hydrogens (tertiary/aromatic N) is 2. The summed E-state index contributed by atoms with van der Waals surface area (Å²) in [5.41, 5.74) is 4.46. The molecule has 3 aromatic rings. The Morgan fingerprint density at radius 3 is 2.15 bits per heavy atom. The van der Waals surface area contributed by atoms with Crippen molar-refractivity contribution in [2.75, 3.05) is 28.4 Å². The molecule has 1 amide bonds. The standard InChI is InChI=1S/C23H24N4O7/c1-13(28)34-22-20(32-4)8-14(9-21(22)33-5)12-24-27-23(29)17-11-16(25-26-17)15-6-7-18(30-2)19(10-15)31-3/h6-12H,1-5H3,(H,25,26)(H,27,29)/b24-12-. The number of hydrazone groups is 1. The van der Waals surface area contributed by atoms with Crippen LogP contribution in [0.5, 0.6) is 28.7 Å². The summed E-state index contributed by atoms with van der Waals surface area (Å²) in [7, 11) is 5.95. The highest BCUT2D eigenvalue weighted by atomic mass is 16.6. The SMILES string of the molecule is COc1ccc(-c2cc(C(=O)N/N=C\c3cc(OC)c(OC(C)=O)c(OC)c3)[nH]n2)cc1OC. The van der Waals surface area contributed by atoms with Gasteiger partial charge in [-0.25, -0.2) is 5.43 Å². The molecule has 0 aliphatic heterocycles. The molecule has 0 radical (unpaired) electrons. The van der Waals surface area contributed by atoms with Crippen molar-refractivity contribution in [1.82, 2.24) is 15.6 Å². The monoisotopic (exact) mass is 468 g/mol. The molecule has 1 aromatic heterocycles. The van der Waals surface area contributed by atoms with Gasteiger partial charge in [-0.1, -0.05) is 0 Å². The number of amides is 1. The van der Waals surface area contributed by atoms with Crippen LogP contribution in [0, 0.1) is 0 Å². The number of hydrogen-bond donors (Lipinski definition) is 2. The molecule has 11 nitrogen and oxygen atoms in total. The van der Waals surface area contributed by atoms with Crippen LogP contribution in [-0.4, -0.2) is 56.7 Å². The lowest BCUT2D eigenvalue weighted by Gasteiger charge is -2.13. The predicted molar refractivity (Wildman–Crippen MR) is 123 cm³/mol. The van der Waals surface area contributed by atoms with E-state index in [4.69, 9.17) is 23.7 Å². The van der Waals surface area contributed by atoms with E-state index >= 15 is 0 Å². The molecule has 0 bridgehead atoms. The normalized spacial score (nSPS) is 10.6. The molecule has 0 aliphatic carbocycles. The van der Waals surface area contributed by atoms with Crippen LogP contribution in [0.15, 0.2) is 41.5 Å². The molecule has 11 heteroatoms. The van der Waals surface area contributed by atoms with Gasteiger partial charge in [0.1, 0.15) is 5.69 Å². The number of hydrogen-bond acceptors (Lipinski definition) is 9. The lowest BCUT2D eigenvalue weighted by molar-refractivity contribution is -0.132. The highest BCUT2D eigenvalue weighted by Gasteiger charge is 2.16. The third-order valence-corrected chi connectivity index (χ3v) is 4.61. The van der Waals surface area contributed by atoms with Crippen LogP contribution in [0.2, 0.25) is 0 Å². The molecular formula is C23H24N4O7. The van der Waals surface area contributed by atoms with Crippen molar-refractivity contribution in [3.05, 3.63) is 47.7 Å². The first-order valence-electron chi connectivity index (χ1n) is 9.95. The number of methoxy groups -OCH3 is 4. The molecule has 178 valence electrons. The zero-order valence-electron chi connectivity index (χ0n) is 19.3. The van der Waals surface area contributed by atoms with Crippen LogP contribution in [-0.2, 0) is 4.79 Å². The van der Waals surface area contributed by atoms with Crippen molar-refractivity contribution in [2.24, 2.45) is 5.10 Å². The first-order valence-corrected chi connectivity index (χ1v) is 9.95. The number of aromatic nitrogens is 2. The highest BCUT2D eigenvalue weighted by molar-refractivity contribution is 5.94. The maximum absolute atomic E-state index is 12.5. The summed E-state index contributed by atoms with van der Waals surface area (Å²) in [6.45, 7) is 1.27. The maximum atomic E-state index is 12.5. The van der Waals surface area contributed by atoms with Gasteiger partial charge >= 0.3 is 5.97 Å². The van der Waals surface area contributed by atoms with E-state index < -0.39 is 11.9 Å². The fraction of sp³-hybridized carbons (Fsp3) is 0.217. The van der Waals surface area contributed by atoms with Crippen molar-refractivity contribution in [3.63, 3.8) is 0 Å². The van der Waals surface area contributed by atoms with Gasteiger partial charge in [-0.05, 0) is 36.4 Å². The summed E-state index contributed by atoms with van der Waals surface area (Å²) in [4.78, 5) is 23.8. The zero-order chi connectivity index (χ0) is 24.7. The number of benzene rings is 2. The van der Waals surface area contributed by atoms with Gasteiger partial charge in [-0.2, -0.15) is 10.2 Å². The molecule has 0 saturated heterocycles. The van der Waals surface area contributed by atoms with Crippen LogP contribution in [0.4, 0.5) is 0 Å². The number of carbonyl (C=O) groups is 2. The number of nitrogens with one attached hydrogen (secondary N) is 2. The second kappa shape index (κ2) is 10.9. The van der Waals surface area contributed by atoms with Gasteiger partial charge < -0.3 is 23.7 Å². The highest BCUT2D eigenvalue weighted by Crippen LogP contribution is 2.38. The fourth-order valence-electron chi connectivity index (χ4n) is 3.03. The molecular weight excluding hydrogens is 444 g/mol. The van der Waals surface area contributed by atoms with Gasteiger partial charge in [0.2, 0.25) is 5.75 Å². The molecule has 0 spiro atoms. The lowest BCUT2D eigenvalue weighted by Crippen LogP contribution is -2.18. The number of aromatic amines is 1. The second-order valence-electron chi connectivity index (χ2n) is 6.78.